The highest BCUT2D eigenvalue weighted by atomic mass is 16.5. The molecule has 1 aliphatic heterocycles. The first-order valence-corrected chi connectivity index (χ1v) is 9.25. The van der Waals surface area contributed by atoms with Crippen molar-refractivity contribution in [3.63, 3.8) is 0 Å². The first-order valence-electron chi connectivity index (χ1n) is 9.25. The Morgan fingerprint density at radius 3 is 2.73 bits per heavy atom. The lowest BCUT2D eigenvalue weighted by Gasteiger charge is -2.27. The smallest absolute Gasteiger partial charge is 0.336 e. The maximum Gasteiger partial charge on any atom is 0.336 e. The van der Waals surface area contributed by atoms with Gasteiger partial charge < -0.3 is 9.15 Å². The number of ether oxygens (including phenoxy) is 1. The molecule has 0 saturated heterocycles. The molecule has 2 aromatic carbocycles. The summed E-state index contributed by atoms with van der Waals surface area (Å²) in [7, 11) is 0. The van der Waals surface area contributed by atoms with Gasteiger partial charge in [-0.15, -0.1) is 0 Å². The zero-order valence-electron chi connectivity index (χ0n) is 15.3. The minimum atomic E-state index is -0.289. The lowest BCUT2D eigenvalue weighted by Crippen LogP contribution is -3.12. The maximum atomic E-state index is 11.8. The van der Waals surface area contributed by atoms with Crippen molar-refractivity contribution in [2.75, 3.05) is 13.3 Å². The van der Waals surface area contributed by atoms with Crippen molar-refractivity contribution in [3.8, 4) is 5.75 Å². The summed E-state index contributed by atoms with van der Waals surface area (Å²) in [6.07, 6.45) is 1.85. The van der Waals surface area contributed by atoms with Gasteiger partial charge >= 0.3 is 5.63 Å². The van der Waals surface area contributed by atoms with Crippen LogP contribution in [0.2, 0.25) is 0 Å². The number of hydrogen-bond donors (Lipinski definition) is 1. The van der Waals surface area contributed by atoms with Gasteiger partial charge in [-0.25, -0.2) is 4.79 Å². The van der Waals surface area contributed by atoms with Gasteiger partial charge in [0.05, 0.1) is 6.54 Å². The predicted octanol–water partition coefficient (Wildman–Crippen LogP) is 2.64. The molecule has 2 heterocycles. The minimum Gasteiger partial charge on any atom is -0.444 e. The summed E-state index contributed by atoms with van der Waals surface area (Å²) < 4.78 is 11.6. The fraction of sp³-hybridized carbons (Fsp3) is 0.318. The molecule has 1 atom stereocenters. The fourth-order valence-electron chi connectivity index (χ4n) is 3.82. The molecule has 0 fully saturated rings. The Bertz CT molecular complexity index is 992. The van der Waals surface area contributed by atoms with Crippen molar-refractivity contribution in [1.29, 1.82) is 0 Å². The molecule has 4 nitrogen and oxygen atoms in total. The zero-order chi connectivity index (χ0) is 18.1. The number of hydrogen-bond acceptors (Lipinski definition) is 3. The van der Waals surface area contributed by atoms with Gasteiger partial charge in [-0.05, 0) is 30.5 Å². The van der Waals surface area contributed by atoms with Gasteiger partial charge in [0.1, 0.15) is 17.9 Å². The van der Waals surface area contributed by atoms with E-state index in [1.807, 2.05) is 13.0 Å². The quantitative estimate of drug-likeness (QED) is 0.736. The van der Waals surface area contributed by atoms with E-state index in [0.29, 0.717) is 12.3 Å². The van der Waals surface area contributed by atoms with Crippen LogP contribution in [0.25, 0.3) is 11.0 Å². The van der Waals surface area contributed by atoms with Crippen molar-refractivity contribution < 1.29 is 14.1 Å². The Morgan fingerprint density at radius 2 is 1.96 bits per heavy atom. The molecule has 0 spiro atoms. The third-order valence-electron chi connectivity index (χ3n) is 5.23. The van der Waals surface area contributed by atoms with Crippen LogP contribution in [0.1, 0.15) is 29.2 Å². The average Bonchev–Trinajstić information content (AvgIpc) is 2.67. The summed E-state index contributed by atoms with van der Waals surface area (Å²) in [4.78, 5) is 13.3. The van der Waals surface area contributed by atoms with E-state index >= 15 is 0 Å². The van der Waals surface area contributed by atoms with E-state index in [1.165, 1.54) is 16.0 Å². The lowest BCUT2D eigenvalue weighted by molar-refractivity contribution is -0.932. The maximum absolute atomic E-state index is 11.8. The largest absolute Gasteiger partial charge is 0.444 e. The molecule has 4 rings (SSSR count). The summed E-state index contributed by atoms with van der Waals surface area (Å²) in [5.41, 5.74) is 4.91. The van der Waals surface area contributed by atoms with Crippen LogP contribution in [0, 0.1) is 6.92 Å². The molecule has 0 saturated carbocycles. The van der Waals surface area contributed by atoms with Gasteiger partial charge in [0.15, 0.2) is 0 Å². The first kappa shape index (κ1) is 16.9. The third-order valence-corrected chi connectivity index (χ3v) is 5.23. The average molecular weight is 350 g/mol. The van der Waals surface area contributed by atoms with Gasteiger partial charge in [-0.1, -0.05) is 37.3 Å². The van der Waals surface area contributed by atoms with Crippen LogP contribution in [0.15, 0.2) is 51.7 Å². The molecule has 134 valence electrons. The van der Waals surface area contributed by atoms with Crippen molar-refractivity contribution >= 4 is 11.0 Å². The molecule has 1 aromatic heterocycles. The van der Waals surface area contributed by atoms with Crippen LogP contribution in [-0.2, 0) is 19.4 Å². The van der Waals surface area contributed by atoms with Crippen LogP contribution in [0.4, 0.5) is 0 Å². The highest BCUT2D eigenvalue weighted by Gasteiger charge is 2.25. The predicted molar refractivity (Wildman–Crippen MR) is 102 cm³/mol. The molecule has 1 aliphatic rings. The van der Waals surface area contributed by atoms with E-state index in [1.54, 1.807) is 6.07 Å². The number of quaternary nitrogens is 1. The Hall–Kier alpha value is -2.59. The monoisotopic (exact) mass is 350 g/mol. The van der Waals surface area contributed by atoms with Gasteiger partial charge in [-0.2, -0.15) is 0 Å². The molecule has 4 heteroatoms. The van der Waals surface area contributed by atoms with E-state index in [9.17, 15) is 4.79 Å². The Kier molecular flexibility index (Phi) is 4.51. The molecule has 3 aromatic rings. The number of rotatable bonds is 4. The summed E-state index contributed by atoms with van der Waals surface area (Å²) in [6.45, 7) is 6.66. The summed E-state index contributed by atoms with van der Waals surface area (Å²) >= 11 is 0. The van der Waals surface area contributed by atoms with Crippen molar-refractivity contribution in [3.05, 3.63) is 75.1 Å². The number of fused-ring (bicyclic) bond motifs is 2. The summed E-state index contributed by atoms with van der Waals surface area (Å²) in [5.74, 6) is 0.886. The summed E-state index contributed by atoms with van der Waals surface area (Å²) in [6, 6.07) is 14.3. The lowest BCUT2D eigenvalue weighted by atomic mass is 9.99. The van der Waals surface area contributed by atoms with Crippen LogP contribution in [-0.4, -0.2) is 13.3 Å². The Labute approximate surface area is 153 Å². The van der Waals surface area contributed by atoms with E-state index in [-0.39, 0.29) is 5.63 Å². The summed E-state index contributed by atoms with van der Waals surface area (Å²) in [5, 5.41) is 1.04. The van der Waals surface area contributed by atoms with E-state index in [4.69, 9.17) is 9.15 Å². The minimum absolute atomic E-state index is 0.289. The van der Waals surface area contributed by atoms with Crippen molar-refractivity contribution in [2.45, 2.75) is 33.2 Å². The van der Waals surface area contributed by atoms with Crippen LogP contribution < -0.4 is 15.3 Å². The van der Waals surface area contributed by atoms with E-state index in [0.717, 1.165) is 48.2 Å². The zero-order valence-corrected chi connectivity index (χ0v) is 15.3. The number of aryl methyl sites for hydroxylation is 2. The van der Waals surface area contributed by atoms with Crippen LogP contribution >= 0.6 is 0 Å². The topological polar surface area (TPSA) is 43.9 Å². The van der Waals surface area contributed by atoms with Gasteiger partial charge in [0.2, 0.25) is 6.73 Å². The second-order valence-corrected chi connectivity index (χ2v) is 7.01. The SMILES string of the molecule is CCc1cc(=O)oc2c(C)c3c(cc12)C[NH+](CCc1ccccc1)CO3. The molecule has 0 bridgehead atoms. The normalized spacial score (nSPS) is 16.3. The second kappa shape index (κ2) is 6.96. The van der Waals surface area contributed by atoms with Crippen LogP contribution in [0.5, 0.6) is 5.75 Å². The molecule has 0 radical (unpaired) electrons. The molecule has 1 unspecified atom stereocenters. The van der Waals surface area contributed by atoms with Gasteiger partial charge in [0.25, 0.3) is 0 Å². The number of nitrogens with one attached hydrogen (secondary N) is 1. The fourth-order valence-corrected chi connectivity index (χ4v) is 3.82. The first-order chi connectivity index (χ1) is 12.7. The standard InChI is InChI=1S/C22H23NO3/c1-3-17-12-20(24)26-22-15(2)21-18(11-19(17)22)13-23(14-25-21)10-9-16-7-5-4-6-8-16/h4-8,11-12H,3,9-10,13-14H2,1-2H3/p+1. The molecular formula is C22H24NO3+. The molecule has 0 aliphatic carbocycles. The molecule has 1 N–H and O–H groups in total. The molecular weight excluding hydrogens is 326 g/mol. The van der Waals surface area contributed by atoms with E-state index < -0.39 is 0 Å². The van der Waals surface area contributed by atoms with Crippen molar-refractivity contribution in [2.24, 2.45) is 0 Å². The Balaban J connectivity index is 1.63. The van der Waals surface area contributed by atoms with Crippen LogP contribution in [0.3, 0.4) is 0 Å². The highest BCUT2D eigenvalue weighted by Crippen LogP contribution is 2.33. The molecule has 0 amide bonds. The highest BCUT2D eigenvalue weighted by molar-refractivity contribution is 5.86. The van der Waals surface area contributed by atoms with Crippen molar-refractivity contribution in [1.82, 2.24) is 0 Å². The molecule has 26 heavy (non-hydrogen) atoms. The third kappa shape index (κ3) is 3.13. The van der Waals surface area contributed by atoms with E-state index in [2.05, 4.69) is 37.3 Å². The second-order valence-electron chi connectivity index (χ2n) is 7.01. The number of benzene rings is 2. The van der Waals surface area contributed by atoms with Gasteiger partial charge in [0, 0.05) is 29.0 Å². The Morgan fingerprint density at radius 1 is 1.15 bits per heavy atom. The van der Waals surface area contributed by atoms with Gasteiger partial charge in [-0.3, -0.25) is 4.90 Å².